The smallest absolute Gasteiger partial charge is 0.303 e. The van der Waals surface area contributed by atoms with Crippen molar-refractivity contribution in [2.45, 2.75) is 44.9 Å². The van der Waals surface area contributed by atoms with Crippen LogP contribution in [0.5, 0.6) is 11.5 Å². The van der Waals surface area contributed by atoms with E-state index in [2.05, 4.69) is 0 Å². The van der Waals surface area contributed by atoms with Crippen LogP contribution in [0.1, 0.15) is 44.1 Å². The van der Waals surface area contributed by atoms with Crippen molar-refractivity contribution in [3.63, 3.8) is 0 Å². The van der Waals surface area contributed by atoms with E-state index < -0.39 is 5.97 Å². The largest absolute Gasteiger partial charge is 0.508 e. The van der Waals surface area contributed by atoms with Crippen molar-refractivity contribution in [2.24, 2.45) is 0 Å². The summed E-state index contributed by atoms with van der Waals surface area (Å²) < 4.78 is 0. The van der Waals surface area contributed by atoms with Crippen LogP contribution < -0.4 is 0 Å². The SMILES string of the molecule is O=C(O)CCCCCCCc1cc(O)ccc1O. The molecule has 0 aromatic heterocycles. The molecule has 0 atom stereocenters. The lowest BCUT2D eigenvalue weighted by atomic mass is 10.0. The molecule has 0 aliphatic carbocycles. The Hall–Kier alpha value is -1.71. The van der Waals surface area contributed by atoms with Gasteiger partial charge in [0, 0.05) is 6.42 Å². The third kappa shape index (κ3) is 5.57. The lowest BCUT2D eigenvalue weighted by molar-refractivity contribution is -0.137. The number of hydrogen-bond acceptors (Lipinski definition) is 3. The van der Waals surface area contributed by atoms with Crippen LogP contribution in [0.15, 0.2) is 18.2 Å². The van der Waals surface area contributed by atoms with Crippen LogP contribution in [-0.2, 0) is 11.2 Å². The van der Waals surface area contributed by atoms with E-state index in [9.17, 15) is 15.0 Å². The molecule has 4 nitrogen and oxygen atoms in total. The van der Waals surface area contributed by atoms with Gasteiger partial charge in [0.1, 0.15) is 11.5 Å². The quantitative estimate of drug-likeness (QED) is 0.491. The summed E-state index contributed by atoms with van der Waals surface area (Å²) in [5.41, 5.74) is 0.764. The second-order valence-electron chi connectivity index (χ2n) is 4.47. The first-order valence-corrected chi connectivity index (χ1v) is 6.32. The molecule has 1 aromatic rings. The minimum absolute atomic E-state index is 0.171. The molecule has 0 aliphatic heterocycles. The molecule has 4 heteroatoms. The van der Waals surface area contributed by atoms with E-state index in [1.165, 1.54) is 12.1 Å². The molecular formula is C14H20O4. The first kappa shape index (κ1) is 14.4. The van der Waals surface area contributed by atoms with Gasteiger partial charge in [-0.2, -0.15) is 0 Å². The molecule has 0 saturated heterocycles. The van der Waals surface area contributed by atoms with Gasteiger partial charge >= 0.3 is 5.97 Å². The van der Waals surface area contributed by atoms with Gasteiger partial charge in [0.2, 0.25) is 0 Å². The number of benzene rings is 1. The first-order chi connectivity index (χ1) is 8.59. The highest BCUT2D eigenvalue weighted by Crippen LogP contribution is 2.24. The summed E-state index contributed by atoms with van der Waals surface area (Å²) in [5.74, 6) is -0.345. The van der Waals surface area contributed by atoms with Gasteiger partial charge in [-0.25, -0.2) is 0 Å². The maximum Gasteiger partial charge on any atom is 0.303 e. The Kier molecular flexibility index (Phi) is 6.05. The summed E-state index contributed by atoms with van der Waals surface area (Å²) in [7, 11) is 0. The molecule has 3 N–H and O–H groups in total. The maximum atomic E-state index is 10.3. The van der Waals surface area contributed by atoms with E-state index in [0.717, 1.165) is 44.1 Å². The van der Waals surface area contributed by atoms with Gasteiger partial charge in [-0.3, -0.25) is 4.79 Å². The van der Waals surface area contributed by atoms with Crippen molar-refractivity contribution in [3.8, 4) is 11.5 Å². The summed E-state index contributed by atoms with van der Waals surface area (Å²) in [5, 5.41) is 27.3. The molecule has 1 aromatic carbocycles. The summed E-state index contributed by atoms with van der Waals surface area (Å²) in [6.45, 7) is 0. The summed E-state index contributed by atoms with van der Waals surface area (Å²) in [6, 6.07) is 4.54. The molecular weight excluding hydrogens is 232 g/mol. The number of phenolic OH excluding ortho intramolecular Hbond substituents is 2. The van der Waals surface area contributed by atoms with Gasteiger partial charge in [0.15, 0.2) is 0 Å². The molecule has 100 valence electrons. The van der Waals surface area contributed by atoms with Crippen LogP contribution in [0.4, 0.5) is 0 Å². The fraction of sp³-hybridized carbons (Fsp3) is 0.500. The first-order valence-electron chi connectivity index (χ1n) is 6.32. The van der Waals surface area contributed by atoms with Crippen molar-refractivity contribution < 1.29 is 20.1 Å². The second kappa shape index (κ2) is 7.58. The standard InChI is InChI=1S/C14H20O4/c15-12-8-9-13(16)11(10-12)6-4-2-1-3-5-7-14(17)18/h8-10,15-16H,1-7H2,(H,17,18). The highest BCUT2D eigenvalue weighted by atomic mass is 16.4. The predicted octanol–water partition coefficient (Wildman–Crippen LogP) is 3.07. The van der Waals surface area contributed by atoms with Crippen molar-refractivity contribution in [1.82, 2.24) is 0 Å². The number of carbonyl (C=O) groups is 1. The Morgan fingerprint density at radius 3 is 2.39 bits per heavy atom. The minimum atomic E-state index is -0.736. The molecule has 0 fully saturated rings. The van der Waals surface area contributed by atoms with Crippen molar-refractivity contribution in [3.05, 3.63) is 23.8 Å². The predicted molar refractivity (Wildman–Crippen MR) is 68.8 cm³/mol. The Balaban J connectivity index is 2.14. The van der Waals surface area contributed by atoms with Crippen molar-refractivity contribution >= 4 is 5.97 Å². The number of aryl methyl sites for hydroxylation is 1. The third-order valence-electron chi connectivity index (χ3n) is 2.90. The molecule has 0 heterocycles. The average molecular weight is 252 g/mol. The maximum absolute atomic E-state index is 10.3. The van der Waals surface area contributed by atoms with E-state index >= 15 is 0 Å². The molecule has 0 unspecified atom stereocenters. The van der Waals surface area contributed by atoms with Crippen molar-refractivity contribution in [2.75, 3.05) is 0 Å². The zero-order valence-electron chi connectivity index (χ0n) is 10.4. The number of carboxylic acids is 1. The molecule has 0 amide bonds. The highest BCUT2D eigenvalue weighted by molar-refractivity contribution is 5.66. The fourth-order valence-corrected chi connectivity index (χ4v) is 1.89. The molecule has 0 radical (unpaired) electrons. The third-order valence-corrected chi connectivity index (χ3v) is 2.90. The molecule has 1 rings (SSSR count). The van der Waals surface area contributed by atoms with Gasteiger partial charge in [-0.1, -0.05) is 19.3 Å². The zero-order chi connectivity index (χ0) is 13.4. The van der Waals surface area contributed by atoms with Crippen molar-refractivity contribution in [1.29, 1.82) is 0 Å². The van der Waals surface area contributed by atoms with Crippen LogP contribution in [0.25, 0.3) is 0 Å². The lowest BCUT2D eigenvalue weighted by Gasteiger charge is -2.05. The van der Waals surface area contributed by atoms with E-state index in [0.29, 0.717) is 0 Å². The van der Waals surface area contributed by atoms with E-state index in [-0.39, 0.29) is 17.9 Å². The normalized spacial score (nSPS) is 10.4. The van der Waals surface area contributed by atoms with E-state index in [1.54, 1.807) is 6.07 Å². The number of carboxylic acid groups (broad SMARTS) is 1. The average Bonchev–Trinajstić information content (AvgIpc) is 2.32. The van der Waals surface area contributed by atoms with Gasteiger partial charge in [-0.05, 0) is 43.0 Å². The number of unbranched alkanes of at least 4 members (excludes halogenated alkanes) is 4. The number of aromatic hydroxyl groups is 2. The summed E-state index contributed by atoms with van der Waals surface area (Å²) in [4.78, 5) is 10.3. The number of hydrogen-bond donors (Lipinski definition) is 3. The Bertz CT molecular complexity index is 387. The van der Waals surface area contributed by atoms with Crippen LogP contribution in [0, 0.1) is 0 Å². The number of aliphatic carboxylic acids is 1. The number of phenols is 2. The topological polar surface area (TPSA) is 77.8 Å². The lowest BCUT2D eigenvalue weighted by Crippen LogP contribution is -1.93. The fourth-order valence-electron chi connectivity index (χ4n) is 1.89. The molecule has 0 bridgehead atoms. The molecule has 0 spiro atoms. The summed E-state index contributed by atoms with van der Waals surface area (Å²) in [6.07, 6.45) is 5.59. The second-order valence-corrected chi connectivity index (χ2v) is 4.47. The Morgan fingerprint density at radius 1 is 1.00 bits per heavy atom. The zero-order valence-corrected chi connectivity index (χ0v) is 10.4. The van der Waals surface area contributed by atoms with Crippen LogP contribution in [0.2, 0.25) is 0 Å². The van der Waals surface area contributed by atoms with Crippen LogP contribution >= 0.6 is 0 Å². The Labute approximate surface area is 107 Å². The van der Waals surface area contributed by atoms with Gasteiger partial charge in [0.25, 0.3) is 0 Å². The minimum Gasteiger partial charge on any atom is -0.508 e. The summed E-state index contributed by atoms with van der Waals surface area (Å²) >= 11 is 0. The van der Waals surface area contributed by atoms with E-state index in [1.807, 2.05) is 0 Å². The van der Waals surface area contributed by atoms with Crippen LogP contribution in [-0.4, -0.2) is 21.3 Å². The number of rotatable bonds is 8. The van der Waals surface area contributed by atoms with Gasteiger partial charge in [0.05, 0.1) is 0 Å². The highest BCUT2D eigenvalue weighted by Gasteiger charge is 2.02. The molecule has 0 aliphatic rings. The van der Waals surface area contributed by atoms with Gasteiger partial charge < -0.3 is 15.3 Å². The van der Waals surface area contributed by atoms with Gasteiger partial charge in [-0.15, -0.1) is 0 Å². The monoisotopic (exact) mass is 252 g/mol. The Morgan fingerprint density at radius 2 is 1.67 bits per heavy atom. The molecule has 18 heavy (non-hydrogen) atoms. The van der Waals surface area contributed by atoms with E-state index in [4.69, 9.17) is 5.11 Å². The van der Waals surface area contributed by atoms with Crippen LogP contribution in [0.3, 0.4) is 0 Å². The molecule has 0 saturated carbocycles.